The van der Waals surface area contributed by atoms with Gasteiger partial charge in [0.05, 0.1) is 12.1 Å². The molecular formula is C13H21N3O2. The number of aromatic nitrogens is 2. The second-order valence-electron chi connectivity index (χ2n) is 5.42. The number of ether oxygens (including phenoxy) is 1. The Labute approximate surface area is 107 Å². The first-order valence-electron chi connectivity index (χ1n) is 6.86. The molecule has 3 rings (SSSR count). The average Bonchev–Trinajstić information content (AvgIpc) is 3.07. The van der Waals surface area contributed by atoms with Crippen molar-refractivity contribution in [2.45, 2.75) is 57.2 Å². The summed E-state index contributed by atoms with van der Waals surface area (Å²) < 4.78 is 10.9. The Morgan fingerprint density at radius 3 is 2.72 bits per heavy atom. The van der Waals surface area contributed by atoms with Crippen LogP contribution >= 0.6 is 0 Å². The molecular weight excluding hydrogens is 230 g/mol. The summed E-state index contributed by atoms with van der Waals surface area (Å²) in [5.41, 5.74) is 0. The van der Waals surface area contributed by atoms with Gasteiger partial charge in [-0.25, -0.2) is 0 Å². The van der Waals surface area contributed by atoms with E-state index in [-0.39, 0.29) is 6.04 Å². The maximum absolute atomic E-state index is 5.53. The number of hydrogen-bond acceptors (Lipinski definition) is 5. The first kappa shape index (κ1) is 12.1. The molecule has 0 unspecified atom stereocenters. The van der Waals surface area contributed by atoms with Crippen LogP contribution in [0.15, 0.2) is 4.52 Å². The zero-order chi connectivity index (χ0) is 12.5. The van der Waals surface area contributed by atoms with Crippen molar-refractivity contribution in [1.29, 1.82) is 0 Å². The topological polar surface area (TPSA) is 51.4 Å². The summed E-state index contributed by atoms with van der Waals surface area (Å²) in [6.45, 7) is 2.86. The molecule has 100 valence electrons. The molecule has 18 heavy (non-hydrogen) atoms. The van der Waals surface area contributed by atoms with Crippen molar-refractivity contribution in [3.05, 3.63) is 11.7 Å². The molecule has 1 saturated carbocycles. The van der Waals surface area contributed by atoms with Crippen LogP contribution in [-0.2, 0) is 4.74 Å². The molecule has 0 amide bonds. The minimum atomic E-state index is 0.249. The van der Waals surface area contributed by atoms with Gasteiger partial charge >= 0.3 is 0 Å². The van der Waals surface area contributed by atoms with Crippen LogP contribution in [0.2, 0.25) is 0 Å². The molecule has 0 spiro atoms. The molecule has 2 atom stereocenters. The number of likely N-dealkylation sites (tertiary alicyclic amines) is 1. The Bertz CT molecular complexity index is 401. The SMILES string of the molecule is CO[C@@H]1C[C@H](c2nc(C)no2)N(C2CCCC2)C1. The lowest BCUT2D eigenvalue weighted by Gasteiger charge is -2.27. The summed E-state index contributed by atoms with van der Waals surface area (Å²) in [6, 6.07) is 0.918. The molecule has 2 heterocycles. The van der Waals surface area contributed by atoms with Crippen LogP contribution in [0.1, 0.15) is 49.9 Å². The highest BCUT2D eigenvalue weighted by Crippen LogP contribution is 2.38. The van der Waals surface area contributed by atoms with Gasteiger partial charge in [0.15, 0.2) is 5.82 Å². The fourth-order valence-corrected chi connectivity index (χ4v) is 3.32. The van der Waals surface area contributed by atoms with E-state index in [2.05, 4.69) is 15.0 Å². The summed E-state index contributed by atoms with van der Waals surface area (Å²) in [4.78, 5) is 6.93. The maximum atomic E-state index is 5.53. The smallest absolute Gasteiger partial charge is 0.244 e. The van der Waals surface area contributed by atoms with Crippen molar-refractivity contribution in [2.24, 2.45) is 0 Å². The minimum absolute atomic E-state index is 0.249. The zero-order valence-corrected chi connectivity index (χ0v) is 11.1. The average molecular weight is 251 g/mol. The summed E-state index contributed by atoms with van der Waals surface area (Å²) >= 11 is 0. The fraction of sp³-hybridized carbons (Fsp3) is 0.846. The molecule has 1 saturated heterocycles. The molecule has 1 aliphatic carbocycles. The first-order chi connectivity index (χ1) is 8.78. The summed E-state index contributed by atoms with van der Waals surface area (Å²) in [7, 11) is 1.79. The lowest BCUT2D eigenvalue weighted by molar-refractivity contribution is 0.0988. The second kappa shape index (κ2) is 4.97. The lowest BCUT2D eigenvalue weighted by atomic mass is 10.1. The zero-order valence-electron chi connectivity index (χ0n) is 11.1. The van der Waals surface area contributed by atoms with Gasteiger partial charge in [-0.2, -0.15) is 4.98 Å². The molecule has 1 aromatic rings. The summed E-state index contributed by atoms with van der Waals surface area (Å²) in [6.07, 6.45) is 6.53. The molecule has 5 nitrogen and oxygen atoms in total. The largest absolute Gasteiger partial charge is 0.380 e. The van der Waals surface area contributed by atoms with Crippen LogP contribution in [0.5, 0.6) is 0 Å². The molecule has 0 radical (unpaired) electrons. The Morgan fingerprint density at radius 1 is 1.33 bits per heavy atom. The number of rotatable bonds is 3. The van der Waals surface area contributed by atoms with E-state index in [0.717, 1.165) is 24.7 Å². The Kier molecular flexibility index (Phi) is 3.35. The molecule has 5 heteroatoms. The van der Waals surface area contributed by atoms with Gasteiger partial charge in [0, 0.05) is 19.7 Å². The standard InChI is InChI=1S/C13H21N3O2/c1-9-14-13(18-15-9)12-7-11(17-2)8-16(12)10-5-3-4-6-10/h10-12H,3-8H2,1-2H3/t11-,12-/m1/s1. The Balaban J connectivity index is 1.80. The third-order valence-electron chi connectivity index (χ3n) is 4.26. The van der Waals surface area contributed by atoms with E-state index in [0.29, 0.717) is 12.1 Å². The summed E-state index contributed by atoms with van der Waals surface area (Å²) in [5.74, 6) is 1.48. The van der Waals surface area contributed by atoms with Gasteiger partial charge in [-0.1, -0.05) is 18.0 Å². The van der Waals surface area contributed by atoms with Crippen molar-refractivity contribution in [3.63, 3.8) is 0 Å². The fourth-order valence-electron chi connectivity index (χ4n) is 3.32. The number of hydrogen-bond donors (Lipinski definition) is 0. The van der Waals surface area contributed by atoms with Gasteiger partial charge < -0.3 is 9.26 Å². The van der Waals surface area contributed by atoms with Crippen molar-refractivity contribution < 1.29 is 9.26 Å². The van der Waals surface area contributed by atoms with E-state index in [9.17, 15) is 0 Å². The number of methoxy groups -OCH3 is 1. The van der Waals surface area contributed by atoms with Gasteiger partial charge in [-0.3, -0.25) is 4.90 Å². The van der Waals surface area contributed by atoms with Gasteiger partial charge in [0.1, 0.15) is 0 Å². The van der Waals surface area contributed by atoms with Crippen LogP contribution in [0.3, 0.4) is 0 Å². The van der Waals surface area contributed by atoms with Crippen LogP contribution in [0.25, 0.3) is 0 Å². The summed E-state index contributed by atoms with van der Waals surface area (Å²) in [5, 5.41) is 3.92. The van der Waals surface area contributed by atoms with E-state index in [1.165, 1.54) is 25.7 Å². The minimum Gasteiger partial charge on any atom is -0.380 e. The maximum Gasteiger partial charge on any atom is 0.244 e. The number of aryl methyl sites for hydroxylation is 1. The van der Waals surface area contributed by atoms with E-state index < -0.39 is 0 Å². The molecule has 2 aliphatic rings. The van der Waals surface area contributed by atoms with Crippen LogP contribution in [0, 0.1) is 6.92 Å². The van der Waals surface area contributed by atoms with E-state index in [1.54, 1.807) is 7.11 Å². The van der Waals surface area contributed by atoms with Gasteiger partial charge in [0.25, 0.3) is 0 Å². The third-order valence-corrected chi connectivity index (χ3v) is 4.26. The van der Waals surface area contributed by atoms with E-state index in [1.807, 2.05) is 6.92 Å². The molecule has 0 aromatic carbocycles. The Hall–Kier alpha value is -0.940. The normalized spacial score (nSPS) is 30.3. The monoisotopic (exact) mass is 251 g/mol. The predicted octanol–water partition coefficient (Wildman–Crippen LogP) is 2.08. The van der Waals surface area contributed by atoms with Crippen molar-refractivity contribution in [2.75, 3.05) is 13.7 Å². The molecule has 0 N–H and O–H groups in total. The first-order valence-corrected chi connectivity index (χ1v) is 6.86. The van der Waals surface area contributed by atoms with Crippen molar-refractivity contribution in [3.8, 4) is 0 Å². The van der Waals surface area contributed by atoms with Crippen LogP contribution in [0.4, 0.5) is 0 Å². The molecule has 0 bridgehead atoms. The van der Waals surface area contributed by atoms with Crippen LogP contribution in [-0.4, -0.2) is 40.8 Å². The predicted molar refractivity (Wildman–Crippen MR) is 66.2 cm³/mol. The van der Waals surface area contributed by atoms with E-state index in [4.69, 9.17) is 9.26 Å². The van der Waals surface area contributed by atoms with Gasteiger partial charge in [0.2, 0.25) is 5.89 Å². The number of nitrogens with zero attached hydrogens (tertiary/aromatic N) is 3. The van der Waals surface area contributed by atoms with E-state index >= 15 is 0 Å². The van der Waals surface area contributed by atoms with Gasteiger partial charge in [-0.15, -0.1) is 0 Å². The van der Waals surface area contributed by atoms with Gasteiger partial charge in [-0.05, 0) is 26.2 Å². The van der Waals surface area contributed by atoms with Crippen molar-refractivity contribution in [1.82, 2.24) is 15.0 Å². The highest BCUT2D eigenvalue weighted by molar-refractivity contribution is 5.01. The molecule has 2 fully saturated rings. The third kappa shape index (κ3) is 2.17. The molecule has 1 aliphatic heterocycles. The quantitative estimate of drug-likeness (QED) is 0.823. The van der Waals surface area contributed by atoms with Crippen LogP contribution < -0.4 is 0 Å². The highest BCUT2D eigenvalue weighted by Gasteiger charge is 2.40. The lowest BCUT2D eigenvalue weighted by Crippen LogP contribution is -2.34. The highest BCUT2D eigenvalue weighted by atomic mass is 16.5. The second-order valence-corrected chi connectivity index (χ2v) is 5.42. The van der Waals surface area contributed by atoms with Crippen molar-refractivity contribution >= 4 is 0 Å². The molecule has 1 aromatic heterocycles. The Morgan fingerprint density at radius 2 is 2.11 bits per heavy atom.